The molecule has 15 heavy (non-hydrogen) atoms. The molecule has 0 atom stereocenters. The molecule has 0 saturated heterocycles. The van der Waals surface area contributed by atoms with Crippen LogP contribution in [0.5, 0.6) is 0 Å². The van der Waals surface area contributed by atoms with Gasteiger partial charge in [-0.1, -0.05) is 43.7 Å². The van der Waals surface area contributed by atoms with Crippen molar-refractivity contribution in [3.05, 3.63) is 41.5 Å². The van der Waals surface area contributed by atoms with Crippen LogP contribution in [0.4, 0.5) is 0 Å². The zero-order chi connectivity index (χ0) is 11.3. The predicted molar refractivity (Wildman–Crippen MR) is 59.0 cm³/mol. The van der Waals surface area contributed by atoms with Crippen molar-refractivity contribution >= 4 is 11.5 Å². The molecule has 0 bridgehead atoms. The van der Waals surface area contributed by atoms with Crippen molar-refractivity contribution in [2.24, 2.45) is 0 Å². The fourth-order valence-electron chi connectivity index (χ4n) is 1.56. The Kier molecular flexibility index (Phi) is 4.10. The molecule has 0 aliphatic rings. The van der Waals surface area contributed by atoms with E-state index in [0.29, 0.717) is 5.57 Å². The lowest BCUT2D eigenvalue weighted by molar-refractivity contribution is -0.299. The Bertz CT molecular complexity index is 363. The molecular weight excluding hydrogens is 188 g/mol. The van der Waals surface area contributed by atoms with Gasteiger partial charge in [-0.25, -0.2) is 0 Å². The van der Waals surface area contributed by atoms with Crippen molar-refractivity contribution < 1.29 is 9.90 Å². The summed E-state index contributed by atoms with van der Waals surface area (Å²) in [5.41, 5.74) is 2.18. The molecule has 2 nitrogen and oxygen atoms in total. The van der Waals surface area contributed by atoms with Gasteiger partial charge in [-0.15, -0.1) is 0 Å². The molecule has 1 rings (SSSR count). The highest BCUT2D eigenvalue weighted by Gasteiger charge is 2.05. The molecule has 2 heteroatoms. The van der Waals surface area contributed by atoms with Gasteiger partial charge in [0.05, 0.1) is 5.97 Å². The Labute approximate surface area is 90.3 Å². The van der Waals surface area contributed by atoms with Crippen LogP contribution in [-0.2, 0) is 4.79 Å². The van der Waals surface area contributed by atoms with Crippen LogP contribution in [0.15, 0.2) is 35.9 Å². The average molecular weight is 203 g/mol. The number of aliphatic carboxylic acids is 1. The van der Waals surface area contributed by atoms with Gasteiger partial charge in [-0.3, -0.25) is 0 Å². The molecule has 0 N–H and O–H groups in total. The first-order valence-electron chi connectivity index (χ1n) is 5.13. The molecule has 0 spiro atoms. The third-order valence-electron chi connectivity index (χ3n) is 2.38. The summed E-state index contributed by atoms with van der Waals surface area (Å²) in [7, 11) is 0. The van der Waals surface area contributed by atoms with E-state index in [1.807, 2.05) is 37.3 Å². The number of carbonyl (C=O) groups excluding carboxylic acids is 1. The number of hydrogen-bond donors (Lipinski definition) is 0. The molecule has 0 aromatic heterocycles. The summed E-state index contributed by atoms with van der Waals surface area (Å²) in [6.45, 7) is 3.64. The van der Waals surface area contributed by atoms with E-state index >= 15 is 0 Å². The van der Waals surface area contributed by atoms with Crippen LogP contribution in [0.25, 0.3) is 5.57 Å². The molecule has 0 heterocycles. The first kappa shape index (κ1) is 11.5. The molecule has 1 aromatic rings. The van der Waals surface area contributed by atoms with E-state index in [-0.39, 0.29) is 0 Å². The van der Waals surface area contributed by atoms with Gasteiger partial charge in [0, 0.05) is 0 Å². The SMILES string of the molecule is CCC/C(=C(\C)C(=O)[O-])c1ccccc1. The van der Waals surface area contributed by atoms with Crippen LogP contribution >= 0.6 is 0 Å². The maximum Gasteiger partial charge on any atom is 0.0675 e. The summed E-state index contributed by atoms with van der Waals surface area (Å²) in [5, 5.41) is 10.8. The van der Waals surface area contributed by atoms with Crippen LogP contribution in [0.2, 0.25) is 0 Å². The lowest BCUT2D eigenvalue weighted by atomic mass is 9.97. The highest BCUT2D eigenvalue weighted by molar-refractivity contribution is 5.94. The number of carboxylic acids is 1. The zero-order valence-electron chi connectivity index (χ0n) is 9.12. The first-order valence-corrected chi connectivity index (χ1v) is 5.13. The minimum absolute atomic E-state index is 0.336. The summed E-state index contributed by atoms with van der Waals surface area (Å²) in [6.07, 6.45) is 1.69. The van der Waals surface area contributed by atoms with E-state index in [0.717, 1.165) is 24.0 Å². The molecule has 0 aliphatic carbocycles. The maximum atomic E-state index is 10.8. The van der Waals surface area contributed by atoms with Crippen molar-refractivity contribution in [3.8, 4) is 0 Å². The minimum atomic E-state index is -1.08. The quantitative estimate of drug-likeness (QED) is 0.702. The number of rotatable bonds is 4. The number of allylic oxidation sites excluding steroid dienone is 1. The first-order chi connectivity index (χ1) is 7.16. The number of hydrogen-bond acceptors (Lipinski definition) is 2. The van der Waals surface area contributed by atoms with Crippen molar-refractivity contribution in [1.82, 2.24) is 0 Å². The Morgan fingerprint density at radius 2 is 1.87 bits per heavy atom. The summed E-state index contributed by atoms with van der Waals surface area (Å²) >= 11 is 0. The second kappa shape index (κ2) is 5.35. The molecule has 0 amide bonds. The van der Waals surface area contributed by atoms with Crippen LogP contribution < -0.4 is 5.11 Å². The average Bonchev–Trinajstić information content (AvgIpc) is 2.26. The molecule has 1 aromatic carbocycles. The van der Waals surface area contributed by atoms with E-state index in [9.17, 15) is 9.90 Å². The second-order valence-electron chi connectivity index (χ2n) is 3.51. The van der Waals surface area contributed by atoms with Crippen LogP contribution in [0.3, 0.4) is 0 Å². The van der Waals surface area contributed by atoms with Crippen molar-refractivity contribution in [2.75, 3.05) is 0 Å². The van der Waals surface area contributed by atoms with Crippen molar-refractivity contribution in [2.45, 2.75) is 26.7 Å². The molecule has 0 unspecified atom stereocenters. The van der Waals surface area contributed by atoms with E-state index in [2.05, 4.69) is 0 Å². The topological polar surface area (TPSA) is 40.1 Å². The van der Waals surface area contributed by atoms with Gasteiger partial charge in [0.15, 0.2) is 0 Å². The molecular formula is C13H15O2-. The molecule has 0 radical (unpaired) electrons. The molecule has 80 valence electrons. The van der Waals surface area contributed by atoms with E-state index in [1.54, 1.807) is 6.92 Å². The van der Waals surface area contributed by atoms with Gasteiger partial charge < -0.3 is 9.90 Å². The van der Waals surface area contributed by atoms with Crippen LogP contribution in [0, 0.1) is 0 Å². The highest BCUT2D eigenvalue weighted by Crippen LogP contribution is 2.23. The zero-order valence-corrected chi connectivity index (χ0v) is 9.12. The number of benzene rings is 1. The summed E-state index contributed by atoms with van der Waals surface area (Å²) in [4.78, 5) is 10.8. The third-order valence-corrected chi connectivity index (χ3v) is 2.38. The predicted octanol–water partition coefficient (Wildman–Crippen LogP) is 2.01. The highest BCUT2D eigenvalue weighted by atomic mass is 16.4. The fourth-order valence-corrected chi connectivity index (χ4v) is 1.56. The van der Waals surface area contributed by atoms with Gasteiger partial charge in [0.2, 0.25) is 0 Å². The molecule has 0 fully saturated rings. The summed E-state index contributed by atoms with van der Waals surface area (Å²) in [6, 6.07) is 9.59. The van der Waals surface area contributed by atoms with Gasteiger partial charge in [-0.05, 0) is 30.1 Å². The molecule has 0 aliphatic heterocycles. The lowest BCUT2D eigenvalue weighted by Crippen LogP contribution is -2.24. The third kappa shape index (κ3) is 2.94. The standard InChI is InChI=1S/C13H16O2/c1-3-7-12(10(2)13(14)15)11-8-5-4-6-9-11/h4-6,8-9H,3,7H2,1-2H3,(H,14,15)/p-1/b12-10-. The normalized spacial score (nSPS) is 12.1. The van der Waals surface area contributed by atoms with Gasteiger partial charge in [-0.2, -0.15) is 0 Å². The largest absolute Gasteiger partial charge is 0.545 e. The number of carbonyl (C=O) groups is 1. The Balaban J connectivity index is 3.14. The Hall–Kier alpha value is -1.57. The van der Waals surface area contributed by atoms with E-state index < -0.39 is 5.97 Å². The van der Waals surface area contributed by atoms with Gasteiger partial charge in [0.25, 0.3) is 0 Å². The van der Waals surface area contributed by atoms with Crippen molar-refractivity contribution in [3.63, 3.8) is 0 Å². The summed E-state index contributed by atoms with van der Waals surface area (Å²) < 4.78 is 0. The summed E-state index contributed by atoms with van der Waals surface area (Å²) in [5.74, 6) is -1.08. The van der Waals surface area contributed by atoms with E-state index in [1.165, 1.54) is 0 Å². The molecule has 0 saturated carbocycles. The fraction of sp³-hybridized carbons (Fsp3) is 0.308. The maximum absolute atomic E-state index is 10.8. The van der Waals surface area contributed by atoms with Crippen molar-refractivity contribution in [1.29, 1.82) is 0 Å². The second-order valence-corrected chi connectivity index (χ2v) is 3.51. The lowest BCUT2D eigenvalue weighted by Gasteiger charge is -2.12. The smallest absolute Gasteiger partial charge is 0.0675 e. The van der Waals surface area contributed by atoms with Gasteiger partial charge >= 0.3 is 0 Å². The van der Waals surface area contributed by atoms with Crippen LogP contribution in [-0.4, -0.2) is 5.97 Å². The van der Waals surface area contributed by atoms with Crippen LogP contribution in [0.1, 0.15) is 32.3 Å². The number of carboxylic acid groups (broad SMARTS) is 1. The Morgan fingerprint density at radius 3 is 2.33 bits per heavy atom. The monoisotopic (exact) mass is 203 g/mol. The van der Waals surface area contributed by atoms with E-state index in [4.69, 9.17) is 0 Å². The minimum Gasteiger partial charge on any atom is -0.545 e. The Morgan fingerprint density at radius 1 is 1.27 bits per heavy atom. The van der Waals surface area contributed by atoms with Gasteiger partial charge in [0.1, 0.15) is 0 Å².